The second-order valence-corrected chi connectivity index (χ2v) is 3.50. The molecular formula is C16H19F3. The maximum Gasteiger partial charge on any atom is 0.257 e. The molecule has 0 aliphatic rings. The molecule has 0 saturated carbocycles. The summed E-state index contributed by atoms with van der Waals surface area (Å²) in [5.41, 5.74) is 2.39. The molecule has 0 unspecified atom stereocenters. The normalized spacial score (nSPS) is 12.1. The van der Waals surface area contributed by atoms with Gasteiger partial charge in [-0.15, -0.1) is 0 Å². The Hall–Kier alpha value is -1.77. The molecule has 0 aliphatic heterocycles. The highest BCUT2D eigenvalue weighted by Gasteiger charge is 1.99. The van der Waals surface area contributed by atoms with Crippen LogP contribution in [0, 0.1) is 6.92 Å². The zero-order valence-electron chi connectivity index (χ0n) is 11.4. The van der Waals surface area contributed by atoms with Crippen LogP contribution in [-0.2, 0) is 0 Å². The second-order valence-electron chi connectivity index (χ2n) is 3.50. The van der Waals surface area contributed by atoms with Gasteiger partial charge in [0.05, 0.1) is 6.33 Å². The third-order valence-corrected chi connectivity index (χ3v) is 2.15. The third-order valence-electron chi connectivity index (χ3n) is 2.15. The first-order chi connectivity index (χ1) is 9.13. The molecule has 0 bridgehead atoms. The van der Waals surface area contributed by atoms with E-state index in [1.165, 1.54) is 18.2 Å². The van der Waals surface area contributed by atoms with Gasteiger partial charge in [0.15, 0.2) is 0 Å². The minimum atomic E-state index is -2.52. The summed E-state index contributed by atoms with van der Waals surface area (Å²) in [6.45, 7) is 5.93. The molecule has 0 nitrogen and oxygen atoms in total. The van der Waals surface area contributed by atoms with Gasteiger partial charge in [-0.25, -0.2) is 13.2 Å². The lowest BCUT2D eigenvalue weighted by Gasteiger charge is -2.02. The van der Waals surface area contributed by atoms with Crippen molar-refractivity contribution in [2.24, 2.45) is 0 Å². The summed E-state index contributed by atoms with van der Waals surface area (Å²) in [7, 11) is 0. The molecule has 104 valence electrons. The van der Waals surface area contributed by atoms with Gasteiger partial charge in [0.25, 0.3) is 6.43 Å². The van der Waals surface area contributed by atoms with Crippen LogP contribution in [0.25, 0.3) is 5.57 Å². The van der Waals surface area contributed by atoms with Crippen molar-refractivity contribution in [2.75, 3.05) is 0 Å². The molecule has 1 aromatic carbocycles. The first kappa shape index (κ1) is 17.2. The molecule has 19 heavy (non-hydrogen) atoms. The van der Waals surface area contributed by atoms with Crippen LogP contribution in [0.3, 0.4) is 0 Å². The zero-order valence-corrected chi connectivity index (χ0v) is 11.4. The van der Waals surface area contributed by atoms with Gasteiger partial charge in [-0.2, -0.15) is 0 Å². The summed E-state index contributed by atoms with van der Waals surface area (Å²) in [5.74, 6) is 0. The number of rotatable bonds is 4. The summed E-state index contributed by atoms with van der Waals surface area (Å²) in [6.07, 6.45) is 2.53. The fraction of sp³-hybridized carbons (Fsp3) is 0.250. The van der Waals surface area contributed by atoms with E-state index in [4.69, 9.17) is 0 Å². The molecule has 0 amide bonds. The minimum absolute atomic E-state index is 0.365. The molecule has 1 aromatic rings. The van der Waals surface area contributed by atoms with Crippen LogP contribution in [0.5, 0.6) is 0 Å². The standard InChI is InChI=1S/C14H13F3.C2H6/c1-11-4-6-13(7-5-11)12(3-2-10-15)8-9-14(16)17;1-2/h2-10,14H,1H3;1-2H3/b9-8+,10-2-,12-3+;. The van der Waals surface area contributed by atoms with Crippen molar-refractivity contribution in [2.45, 2.75) is 27.2 Å². The largest absolute Gasteiger partial charge is 0.257 e. The van der Waals surface area contributed by atoms with Crippen molar-refractivity contribution in [1.82, 2.24) is 0 Å². The monoisotopic (exact) mass is 268 g/mol. The van der Waals surface area contributed by atoms with E-state index in [0.29, 0.717) is 11.9 Å². The molecule has 0 aromatic heterocycles. The van der Waals surface area contributed by atoms with E-state index in [2.05, 4.69) is 0 Å². The third kappa shape index (κ3) is 7.29. The molecule has 0 heterocycles. The van der Waals surface area contributed by atoms with Gasteiger partial charge in [-0.3, -0.25) is 0 Å². The second kappa shape index (κ2) is 10.2. The fourth-order valence-electron chi connectivity index (χ4n) is 1.31. The molecule has 0 saturated heterocycles. The predicted molar refractivity (Wildman–Crippen MR) is 75.9 cm³/mol. The highest BCUT2D eigenvalue weighted by atomic mass is 19.3. The lowest BCUT2D eigenvalue weighted by atomic mass is 10.0. The average molecular weight is 268 g/mol. The quantitative estimate of drug-likeness (QED) is 0.613. The maximum atomic E-state index is 12.1. The highest BCUT2D eigenvalue weighted by molar-refractivity contribution is 5.75. The highest BCUT2D eigenvalue weighted by Crippen LogP contribution is 2.17. The van der Waals surface area contributed by atoms with Crippen molar-refractivity contribution in [1.29, 1.82) is 0 Å². The Morgan fingerprint density at radius 3 is 2.16 bits per heavy atom. The van der Waals surface area contributed by atoms with E-state index in [-0.39, 0.29) is 0 Å². The van der Waals surface area contributed by atoms with Crippen LogP contribution in [0.4, 0.5) is 13.2 Å². The van der Waals surface area contributed by atoms with Crippen LogP contribution in [-0.4, -0.2) is 6.43 Å². The van der Waals surface area contributed by atoms with Crippen molar-refractivity contribution in [3.05, 3.63) is 66.0 Å². The van der Waals surface area contributed by atoms with Gasteiger partial charge < -0.3 is 0 Å². The van der Waals surface area contributed by atoms with E-state index < -0.39 is 6.43 Å². The van der Waals surface area contributed by atoms with Crippen LogP contribution in [0.15, 0.2) is 54.9 Å². The van der Waals surface area contributed by atoms with Crippen molar-refractivity contribution >= 4 is 5.57 Å². The van der Waals surface area contributed by atoms with E-state index in [1.807, 2.05) is 45.0 Å². The Balaban J connectivity index is 0.00000154. The van der Waals surface area contributed by atoms with Crippen molar-refractivity contribution < 1.29 is 13.2 Å². The van der Waals surface area contributed by atoms with Crippen molar-refractivity contribution in [3.63, 3.8) is 0 Å². The molecule has 1 rings (SSSR count). The van der Waals surface area contributed by atoms with Crippen LogP contribution in [0.1, 0.15) is 25.0 Å². The van der Waals surface area contributed by atoms with E-state index in [1.54, 1.807) is 0 Å². The number of aryl methyl sites for hydroxylation is 1. The van der Waals surface area contributed by atoms with Gasteiger partial charge in [-0.05, 0) is 30.2 Å². The number of hydrogen-bond donors (Lipinski definition) is 0. The van der Waals surface area contributed by atoms with Crippen molar-refractivity contribution in [3.8, 4) is 0 Å². The first-order valence-electron chi connectivity index (χ1n) is 6.14. The molecule has 3 heteroatoms. The summed E-state index contributed by atoms with van der Waals surface area (Å²) >= 11 is 0. The van der Waals surface area contributed by atoms with Gasteiger partial charge in [0.1, 0.15) is 0 Å². The van der Waals surface area contributed by atoms with Crippen LogP contribution < -0.4 is 0 Å². The Bertz CT molecular complexity index is 426. The fourth-order valence-corrected chi connectivity index (χ4v) is 1.31. The molecule has 0 fully saturated rings. The Morgan fingerprint density at radius 2 is 1.68 bits per heavy atom. The molecule has 0 radical (unpaired) electrons. The van der Waals surface area contributed by atoms with Gasteiger partial charge in [0, 0.05) is 0 Å². The van der Waals surface area contributed by atoms with Crippen LogP contribution in [0.2, 0.25) is 0 Å². The van der Waals surface area contributed by atoms with Gasteiger partial charge in [-0.1, -0.05) is 55.8 Å². The summed E-state index contributed by atoms with van der Waals surface area (Å²) in [4.78, 5) is 0. The lowest BCUT2D eigenvalue weighted by Crippen LogP contribution is -1.85. The molecular weight excluding hydrogens is 249 g/mol. The number of benzene rings is 1. The molecule has 0 atom stereocenters. The number of alkyl halides is 2. The average Bonchev–Trinajstić information content (AvgIpc) is 2.42. The van der Waals surface area contributed by atoms with Crippen LogP contribution >= 0.6 is 0 Å². The maximum absolute atomic E-state index is 12.1. The van der Waals surface area contributed by atoms with E-state index >= 15 is 0 Å². The SMILES string of the molecule is CC.Cc1ccc(C(/C=C/C(F)F)=C/C=C\F)cc1. The lowest BCUT2D eigenvalue weighted by molar-refractivity contribution is 0.204. The topological polar surface area (TPSA) is 0 Å². The Labute approximate surface area is 113 Å². The predicted octanol–water partition coefficient (Wildman–Crippen LogP) is 5.71. The van der Waals surface area contributed by atoms with Gasteiger partial charge >= 0.3 is 0 Å². The summed E-state index contributed by atoms with van der Waals surface area (Å²) in [6, 6.07) is 7.36. The molecule has 0 N–H and O–H groups in total. The zero-order chi connectivity index (χ0) is 14.7. The minimum Gasteiger partial charge on any atom is -0.216 e. The number of allylic oxidation sites excluding steroid dienone is 5. The Kier molecular flexibility index (Phi) is 9.23. The first-order valence-corrected chi connectivity index (χ1v) is 6.14. The Morgan fingerprint density at radius 1 is 1.11 bits per heavy atom. The smallest absolute Gasteiger partial charge is 0.216 e. The number of halogens is 3. The van der Waals surface area contributed by atoms with E-state index in [0.717, 1.165) is 17.2 Å². The summed E-state index contributed by atoms with van der Waals surface area (Å²) < 4.78 is 36.1. The van der Waals surface area contributed by atoms with Gasteiger partial charge in [0.2, 0.25) is 0 Å². The van der Waals surface area contributed by atoms with E-state index in [9.17, 15) is 13.2 Å². The number of hydrogen-bond acceptors (Lipinski definition) is 0. The molecule has 0 aliphatic carbocycles. The molecule has 0 spiro atoms. The summed E-state index contributed by atoms with van der Waals surface area (Å²) in [5, 5.41) is 0.